The summed E-state index contributed by atoms with van der Waals surface area (Å²) in [6, 6.07) is 6.71. The second-order valence-corrected chi connectivity index (χ2v) is 6.42. The fourth-order valence-electron chi connectivity index (χ4n) is 3.27. The summed E-state index contributed by atoms with van der Waals surface area (Å²) in [5.74, 6) is -0.288. The molecule has 130 valence electrons. The highest BCUT2D eigenvalue weighted by molar-refractivity contribution is 5.95. The Hall–Kier alpha value is -2.57. The van der Waals surface area contributed by atoms with Gasteiger partial charge in [-0.15, -0.1) is 0 Å². The summed E-state index contributed by atoms with van der Waals surface area (Å²) >= 11 is 0. The molecule has 1 saturated heterocycles. The Morgan fingerprint density at radius 3 is 2.64 bits per heavy atom. The van der Waals surface area contributed by atoms with Gasteiger partial charge < -0.3 is 19.4 Å². The number of phenolic OH excluding ortho intramolecular Hbond substituents is 2. The molecule has 25 heavy (non-hydrogen) atoms. The molecule has 0 spiro atoms. The van der Waals surface area contributed by atoms with E-state index in [0.29, 0.717) is 49.4 Å². The van der Waals surface area contributed by atoms with Crippen LogP contribution in [0.4, 0.5) is 0 Å². The van der Waals surface area contributed by atoms with Crippen molar-refractivity contribution in [3.05, 3.63) is 45.6 Å². The molecule has 6 heteroatoms. The van der Waals surface area contributed by atoms with Crippen LogP contribution in [0, 0.1) is 6.92 Å². The fraction of sp³-hybridized carbons (Fsp3) is 0.316. The summed E-state index contributed by atoms with van der Waals surface area (Å²) in [4.78, 5) is 14.9. The first kappa shape index (κ1) is 15.9. The lowest BCUT2D eigenvalue weighted by Crippen LogP contribution is -2.35. The Morgan fingerprint density at radius 2 is 1.88 bits per heavy atom. The van der Waals surface area contributed by atoms with Crippen LogP contribution in [0.15, 0.2) is 33.5 Å². The summed E-state index contributed by atoms with van der Waals surface area (Å²) in [7, 11) is 0. The number of nitrogens with zero attached hydrogens (tertiary/aromatic N) is 1. The van der Waals surface area contributed by atoms with Crippen LogP contribution in [0.2, 0.25) is 0 Å². The Labute approximate surface area is 143 Å². The van der Waals surface area contributed by atoms with Gasteiger partial charge in [0.05, 0.1) is 24.2 Å². The van der Waals surface area contributed by atoms with Gasteiger partial charge >= 0.3 is 0 Å². The van der Waals surface area contributed by atoms with Crippen molar-refractivity contribution in [1.29, 1.82) is 0 Å². The van der Waals surface area contributed by atoms with E-state index in [1.807, 2.05) is 13.0 Å². The number of hydrogen-bond acceptors (Lipinski definition) is 6. The van der Waals surface area contributed by atoms with Crippen molar-refractivity contribution < 1.29 is 19.4 Å². The number of aromatic hydroxyl groups is 2. The molecule has 0 amide bonds. The first-order chi connectivity index (χ1) is 12.0. The molecule has 6 nitrogen and oxygen atoms in total. The lowest BCUT2D eigenvalue weighted by atomic mass is 10.0. The molecule has 3 aromatic rings. The van der Waals surface area contributed by atoms with Gasteiger partial charge in [-0.2, -0.15) is 0 Å². The molecule has 0 unspecified atom stereocenters. The number of hydrogen-bond donors (Lipinski definition) is 2. The second-order valence-electron chi connectivity index (χ2n) is 6.42. The summed E-state index contributed by atoms with van der Waals surface area (Å²) in [5.41, 5.74) is 1.64. The smallest absolute Gasteiger partial charge is 0.204 e. The monoisotopic (exact) mass is 341 g/mol. The molecule has 2 heterocycles. The van der Waals surface area contributed by atoms with Gasteiger partial charge in [0, 0.05) is 25.7 Å². The molecule has 0 atom stereocenters. The highest BCUT2D eigenvalue weighted by Crippen LogP contribution is 2.36. The van der Waals surface area contributed by atoms with Crippen LogP contribution in [-0.4, -0.2) is 41.4 Å². The molecular formula is C19H19NO5. The summed E-state index contributed by atoms with van der Waals surface area (Å²) < 4.78 is 11.1. The van der Waals surface area contributed by atoms with E-state index in [0.717, 1.165) is 5.56 Å². The van der Waals surface area contributed by atoms with Crippen molar-refractivity contribution in [3.63, 3.8) is 0 Å². The van der Waals surface area contributed by atoms with Crippen LogP contribution in [0.5, 0.6) is 11.5 Å². The third-order valence-electron chi connectivity index (χ3n) is 4.66. The zero-order chi connectivity index (χ0) is 17.6. The van der Waals surface area contributed by atoms with Crippen LogP contribution in [0.25, 0.3) is 21.9 Å². The van der Waals surface area contributed by atoms with E-state index in [1.54, 1.807) is 12.1 Å². The molecule has 0 bridgehead atoms. The zero-order valence-corrected chi connectivity index (χ0v) is 13.9. The Kier molecular flexibility index (Phi) is 3.86. The van der Waals surface area contributed by atoms with Crippen molar-refractivity contribution in [1.82, 2.24) is 4.90 Å². The topological polar surface area (TPSA) is 83.1 Å². The van der Waals surface area contributed by atoms with E-state index >= 15 is 0 Å². The molecular weight excluding hydrogens is 322 g/mol. The Balaban J connectivity index is 1.91. The number of benzene rings is 2. The lowest BCUT2D eigenvalue weighted by molar-refractivity contribution is 0.0336. The maximum atomic E-state index is 12.8. The minimum atomic E-state index is -0.294. The van der Waals surface area contributed by atoms with Crippen LogP contribution >= 0.6 is 0 Å². The highest BCUT2D eigenvalue weighted by Gasteiger charge is 2.21. The Bertz CT molecular complexity index is 1020. The van der Waals surface area contributed by atoms with Crippen LogP contribution in [-0.2, 0) is 11.3 Å². The molecule has 2 aromatic carbocycles. The van der Waals surface area contributed by atoms with E-state index in [-0.39, 0.29) is 27.9 Å². The first-order valence-corrected chi connectivity index (χ1v) is 8.25. The average Bonchev–Trinajstić information content (AvgIpc) is 2.59. The van der Waals surface area contributed by atoms with Crippen LogP contribution in [0.3, 0.4) is 0 Å². The van der Waals surface area contributed by atoms with Gasteiger partial charge in [0.2, 0.25) is 5.43 Å². The van der Waals surface area contributed by atoms with E-state index in [1.165, 1.54) is 6.07 Å². The molecule has 1 aliphatic heterocycles. The SMILES string of the molecule is Cc1ccc2c(=O)c3c(O)c(CN4CCOCC4)c(O)cc3oc2c1. The van der Waals surface area contributed by atoms with Gasteiger partial charge in [0.15, 0.2) is 0 Å². The minimum Gasteiger partial charge on any atom is -0.507 e. The third-order valence-corrected chi connectivity index (χ3v) is 4.66. The van der Waals surface area contributed by atoms with E-state index in [9.17, 15) is 15.0 Å². The predicted octanol–water partition coefficient (Wildman–Crippen LogP) is 2.50. The van der Waals surface area contributed by atoms with Gasteiger partial charge in [-0.25, -0.2) is 0 Å². The van der Waals surface area contributed by atoms with Gasteiger partial charge in [0.25, 0.3) is 0 Å². The van der Waals surface area contributed by atoms with Gasteiger partial charge in [0.1, 0.15) is 28.1 Å². The quantitative estimate of drug-likeness (QED) is 0.697. The van der Waals surface area contributed by atoms with Crippen molar-refractivity contribution in [3.8, 4) is 11.5 Å². The van der Waals surface area contributed by atoms with E-state index in [4.69, 9.17) is 9.15 Å². The van der Waals surface area contributed by atoms with Crippen LogP contribution < -0.4 is 5.43 Å². The molecule has 0 aliphatic carbocycles. The lowest BCUT2D eigenvalue weighted by Gasteiger charge is -2.27. The standard InChI is InChI=1S/C19H19NO5/c1-11-2-3-12-15(8-11)25-16-9-14(21)13(19(23)17(16)18(12)22)10-20-4-6-24-7-5-20/h2-3,8-9,21,23H,4-7,10H2,1H3. The van der Waals surface area contributed by atoms with Crippen molar-refractivity contribution in [2.45, 2.75) is 13.5 Å². The third kappa shape index (κ3) is 2.73. The second kappa shape index (κ2) is 6.06. The number of fused-ring (bicyclic) bond motifs is 2. The maximum absolute atomic E-state index is 12.8. The number of phenols is 2. The van der Waals surface area contributed by atoms with Crippen molar-refractivity contribution in [2.75, 3.05) is 26.3 Å². The molecule has 4 rings (SSSR count). The Morgan fingerprint density at radius 1 is 1.12 bits per heavy atom. The number of rotatable bonds is 2. The van der Waals surface area contributed by atoms with Gasteiger partial charge in [-0.05, 0) is 24.6 Å². The first-order valence-electron chi connectivity index (χ1n) is 8.25. The average molecular weight is 341 g/mol. The molecule has 0 radical (unpaired) electrons. The summed E-state index contributed by atoms with van der Waals surface area (Å²) in [5, 5.41) is 21.6. The fourth-order valence-corrected chi connectivity index (χ4v) is 3.27. The minimum absolute atomic E-state index is 0.0772. The van der Waals surface area contributed by atoms with Gasteiger partial charge in [-0.1, -0.05) is 6.07 Å². The normalized spacial score (nSPS) is 15.9. The highest BCUT2D eigenvalue weighted by atomic mass is 16.5. The van der Waals surface area contributed by atoms with Gasteiger partial charge in [-0.3, -0.25) is 9.69 Å². The van der Waals surface area contributed by atoms with E-state index < -0.39 is 0 Å². The number of ether oxygens (including phenoxy) is 1. The van der Waals surface area contributed by atoms with Crippen LogP contribution in [0.1, 0.15) is 11.1 Å². The molecule has 2 N–H and O–H groups in total. The molecule has 1 aliphatic rings. The molecule has 0 saturated carbocycles. The van der Waals surface area contributed by atoms with E-state index in [2.05, 4.69) is 4.90 Å². The zero-order valence-electron chi connectivity index (χ0n) is 13.9. The predicted molar refractivity (Wildman–Crippen MR) is 94.2 cm³/mol. The largest absolute Gasteiger partial charge is 0.507 e. The maximum Gasteiger partial charge on any atom is 0.204 e. The summed E-state index contributed by atoms with van der Waals surface area (Å²) in [6.07, 6.45) is 0. The number of aryl methyl sites for hydroxylation is 1. The van der Waals surface area contributed by atoms with Crippen molar-refractivity contribution >= 4 is 21.9 Å². The molecule has 1 aromatic heterocycles. The molecule has 1 fully saturated rings. The van der Waals surface area contributed by atoms with Crippen molar-refractivity contribution in [2.24, 2.45) is 0 Å². The number of morpholine rings is 1. The summed E-state index contributed by atoms with van der Waals surface area (Å²) in [6.45, 7) is 4.90.